The molecule has 0 saturated heterocycles. The second kappa shape index (κ2) is 5.55. The van der Waals surface area contributed by atoms with Gasteiger partial charge in [-0.3, -0.25) is 0 Å². The fourth-order valence-electron chi connectivity index (χ4n) is 2.44. The number of aromatic carboxylic acids is 1. The van der Waals surface area contributed by atoms with E-state index >= 15 is 0 Å². The van der Waals surface area contributed by atoms with Crippen molar-refractivity contribution in [2.75, 3.05) is 5.32 Å². The summed E-state index contributed by atoms with van der Waals surface area (Å²) in [6, 6.07) is 1.74. The molecule has 1 aromatic carbocycles. The van der Waals surface area contributed by atoms with Gasteiger partial charge in [0.2, 0.25) is 0 Å². The van der Waals surface area contributed by atoms with Crippen molar-refractivity contribution in [1.29, 1.82) is 0 Å². The van der Waals surface area contributed by atoms with Gasteiger partial charge in [0.05, 0.1) is 5.56 Å². The average Bonchev–Trinajstić information content (AvgIpc) is 2.35. The van der Waals surface area contributed by atoms with Crippen molar-refractivity contribution in [2.45, 2.75) is 38.6 Å². The third kappa shape index (κ3) is 3.22. The van der Waals surface area contributed by atoms with E-state index in [1.807, 2.05) is 0 Å². The van der Waals surface area contributed by atoms with E-state index in [1.165, 1.54) is 0 Å². The number of nitrogens with one attached hydrogen (secondary N) is 1. The Morgan fingerprint density at radius 2 is 1.74 bits per heavy atom. The van der Waals surface area contributed by atoms with Crippen molar-refractivity contribution in [3.63, 3.8) is 0 Å². The molecule has 2 N–H and O–H groups in total. The minimum absolute atomic E-state index is 0.0517. The zero-order valence-corrected chi connectivity index (χ0v) is 10.7. The Labute approximate surface area is 110 Å². The summed E-state index contributed by atoms with van der Waals surface area (Å²) < 4.78 is 27.5. The third-order valence-electron chi connectivity index (χ3n) is 3.65. The minimum atomic E-state index is -1.34. The van der Waals surface area contributed by atoms with Crippen LogP contribution in [-0.2, 0) is 0 Å². The van der Waals surface area contributed by atoms with Crippen LogP contribution in [0.2, 0.25) is 0 Å². The maximum absolute atomic E-state index is 13.7. The zero-order valence-electron chi connectivity index (χ0n) is 10.7. The maximum atomic E-state index is 13.7. The molecule has 0 unspecified atom stereocenters. The van der Waals surface area contributed by atoms with E-state index in [0.29, 0.717) is 5.92 Å². The van der Waals surface area contributed by atoms with Gasteiger partial charge in [0.15, 0.2) is 0 Å². The average molecular weight is 269 g/mol. The molecule has 0 bridgehead atoms. The predicted molar refractivity (Wildman–Crippen MR) is 68.4 cm³/mol. The van der Waals surface area contributed by atoms with E-state index < -0.39 is 17.6 Å². The number of hydrogen-bond donors (Lipinski definition) is 2. The number of hydrogen-bond acceptors (Lipinski definition) is 2. The molecule has 1 saturated carbocycles. The van der Waals surface area contributed by atoms with Crippen LogP contribution < -0.4 is 5.32 Å². The van der Waals surface area contributed by atoms with Crippen molar-refractivity contribution in [3.05, 3.63) is 29.3 Å². The lowest BCUT2D eigenvalue weighted by Crippen LogP contribution is -2.26. The lowest BCUT2D eigenvalue weighted by atomic mass is 9.87. The summed E-state index contributed by atoms with van der Waals surface area (Å²) in [6.07, 6.45) is 3.82. The first-order chi connectivity index (χ1) is 8.97. The Morgan fingerprint density at radius 3 is 2.21 bits per heavy atom. The summed E-state index contributed by atoms with van der Waals surface area (Å²) in [5.74, 6) is -2.38. The summed E-state index contributed by atoms with van der Waals surface area (Å²) in [4.78, 5) is 10.7. The highest BCUT2D eigenvalue weighted by molar-refractivity contribution is 5.88. The van der Waals surface area contributed by atoms with Gasteiger partial charge in [-0.25, -0.2) is 13.6 Å². The molecule has 1 fully saturated rings. The molecular weight excluding hydrogens is 252 g/mol. The minimum Gasteiger partial charge on any atom is -0.478 e. The fraction of sp³-hybridized carbons (Fsp3) is 0.500. The van der Waals surface area contributed by atoms with Crippen molar-refractivity contribution < 1.29 is 18.7 Å². The van der Waals surface area contributed by atoms with Crippen LogP contribution in [0.25, 0.3) is 0 Å². The molecule has 0 aliphatic heterocycles. The molecule has 1 aliphatic rings. The van der Waals surface area contributed by atoms with Gasteiger partial charge in [-0.2, -0.15) is 0 Å². The Kier molecular flexibility index (Phi) is 4.02. The summed E-state index contributed by atoms with van der Waals surface area (Å²) in [5, 5.41) is 11.6. The van der Waals surface area contributed by atoms with Crippen LogP contribution in [-0.4, -0.2) is 17.1 Å². The van der Waals surface area contributed by atoms with Crippen LogP contribution >= 0.6 is 0 Å². The highest BCUT2D eigenvalue weighted by Crippen LogP contribution is 2.28. The number of rotatable bonds is 3. The van der Waals surface area contributed by atoms with Crippen LogP contribution in [0.4, 0.5) is 14.5 Å². The van der Waals surface area contributed by atoms with Gasteiger partial charge < -0.3 is 10.4 Å². The number of anilines is 1. The van der Waals surface area contributed by atoms with Crippen LogP contribution in [0.5, 0.6) is 0 Å². The molecule has 3 nitrogen and oxygen atoms in total. The summed E-state index contributed by atoms with van der Waals surface area (Å²) in [7, 11) is 0. The Hall–Kier alpha value is -1.65. The van der Waals surface area contributed by atoms with Gasteiger partial charge in [-0.05, 0) is 43.7 Å². The highest BCUT2D eigenvalue weighted by atomic mass is 19.1. The first kappa shape index (κ1) is 13.8. The first-order valence-corrected chi connectivity index (χ1v) is 6.46. The van der Waals surface area contributed by atoms with E-state index in [0.717, 1.165) is 37.8 Å². The Morgan fingerprint density at radius 1 is 1.21 bits per heavy atom. The normalized spacial score (nSPS) is 23.1. The molecule has 1 aliphatic carbocycles. The molecule has 0 radical (unpaired) electrons. The maximum Gasteiger partial charge on any atom is 0.335 e. The van der Waals surface area contributed by atoms with Crippen LogP contribution in [0.3, 0.4) is 0 Å². The van der Waals surface area contributed by atoms with Crippen molar-refractivity contribution in [3.8, 4) is 0 Å². The van der Waals surface area contributed by atoms with Crippen molar-refractivity contribution >= 4 is 11.7 Å². The second-order valence-corrected chi connectivity index (χ2v) is 5.22. The lowest BCUT2D eigenvalue weighted by Gasteiger charge is -2.28. The van der Waals surface area contributed by atoms with Crippen LogP contribution in [0.1, 0.15) is 43.0 Å². The van der Waals surface area contributed by atoms with E-state index in [-0.39, 0.29) is 17.3 Å². The Bertz CT molecular complexity index is 459. The summed E-state index contributed by atoms with van der Waals surface area (Å²) in [6.45, 7) is 2.17. The highest BCUT2D eigenvalue weighted by Gasteiger charge is 2.21. The second-order valence-electron chi connectivity index (χ2n) is 5.22. The summed E-state index contributed by atoms with van der Waals surface area (Å²) in [5.41, 5.74) is -0.595. The van der Waals surface area contributed by atoms with E-state index in [4.69, 9.17) is 5.11 Å². The van der Waals surface area contributed by atoms with Gasteiger partial charge in [0, 0.05) is 6.04 Å². The number of halogens is 2. The zero-order chi connectivity index (χ0) is 14.0. The number of benzene rings is 1. The SMILES string of the molecule is CC1CCC(Nc2c(F)cc(C(=O)O)cc2F)CC1. The molecule has 0 atom stereocenters. The molecule has 0 aromatic heterocycles. The van der Waals surface area contributed by atoms with Gasteiger partial charge in [-0.15, -0.1) is 0 Å². The number of carboxylic acid groups (broad SMARTS) is 1. The molecule has 104 valence electrons. The van der Waals surface area contributed by atoms with E-state index in [9.17, 15) is 13.6 Å². The first-order valence-electron chi connectivity index (χ1n) is 6.46. The molecule has 0 heterocycles. The molecule has 0 amide bonds. The monoisotopic (exact) mass is 269 g/mol. The lowest BCUT2D eigenvalue weighted by molar-refractivity contribution is 0.0696. The predicted octanol–water partition coefficient (Wildman–Crippen LogP) is 3.65. The smallest absolute Gasteiger partial charge is 0.335 e. The molecule has 19 heavy (non-hydrogen) atoms. The Balaban J connectivity index is 2.14. The molecule has 0 spiro atoms. The number of carboxylic acids is 1. The van der Waals surface area contributed by atoms with Gasteiger partial charge in [0.25, 0.3) is 0 Å². The quantitative estimate of drug-likeness (QED) is 0.880. The standard InChI is InChI=1S/C14H17F2NO2/c1-8-2-4-10(5-3-8)17-13-11(15)6-9(14(18)19)7-12(13)16/h6-8,10,17H,2-5H2,1H3,(H,18,19). The molecular formula is C14H17F2NO2. The van der Waals surface area contributed by atoms with E-state index in [1.54, 1.807) is 0 Å². The largest absolute Gasteiger partial charge is 0.478 e. The molecule has 2 rings (SSSR count). The third-order valence-corrected chi connectivity index (χ3v) is 3.65. The topological polar surface area (TPSA) is 49.3 Å². The van der Waals surface area contributed by atoms with Gasteiger partial charge in [-0.1, -0.05) is 6.92 Å². The molecule has 1 aromatic rings. The van der Waals surface area contributed by atoms with Gasteiger partial charge >= 0.3 is 5.97 Å². The van der Waals surface area contributed by atoms with Crippen LogP contribution in [0.15, 0.2) is 12.1 Å². The van der Waals surface area contributed by atoms with E-state index in [2.05, 4.69) is 12.2 Å². The summed E-state index contributed by atoms with van der Waals surface area (Å²) >= 11 is 0. The number of carbonyl (C=O) groups is 1. The van der Waals surface area contributed by atoms with Crippen LogP contribution in [0, 0.1) is 17.6 Å². The van der Waals surface area contributed by atoms with Crippen molar-refractivity contribution in [2.24, 2.45) is 5.92 Å². The van der Waals surface area contributed by atoms with Gasteiger partial charge in [0.1, 0.15) is 17.3 Å². The van der Waals surface area contributed by atoms with Crippen molar-refractivity contribution in [1.82, 2.24) is 0 Å². The fourth-order valence-corrected chi connectivity index (χ4v) is 2.44. The molecule has 5 heteroatoms.